The molecule has 0 radical (unpaired) electrons. The number of halogens is 1. The van der Waals surface area contributed by atoms with Crippen molar-refractivity contribution in [3.05, 3.63) is 52.9 Å². The maximum Gasteiger partial charge on any atom is 0.233 e. The Labute approximate surface area is 134 Å². The van der Waals surface area contributed by atoms with E-state index in [0.717, 1.165) is 19.6 Å². The fraction of sp³-hybridized carbons (Fsp3) is 0.312. The number of rotatable bonds is 5. The lowest BCUT2D eigenvalue weighted by atomic mass is 10.00. The van der Waals surface area contributed by atoms with Crippen LogP contribution in [0.5, 0.6) is 5.88 Å². The topological polar surface area (TPSA) is 62.0 Å². The van der Waals surface area contributed by atoms with Crippen LogP contribution in [-0.2, 0) is 6.54 Å². The quantitative estimate of drug-likeness (QED) is 0.848. The van der Waals surface area contributed by atoms with E-state index in [1.54, 1.807) is 6.20 Å². The Balaban J connectivity index is 1.43. The molecule has 1 saturated heterocycles. The van der Waals surface area contributed by atoms with Gasteiger partial charge in [0.15, 0.2) is 5.15 Å². The minimum Gasteiger partial charge on any atom is -0.476 e. The summed E-state index contributed by atoms with van der Waals surface area (Å²) in [6, 6.07) is 9.89. The Hall–Kier alpha value is -2.16. The first-order valence-corrected chi connectivity index (χ1v) is 7.42. The lowest BCUT2D eigenvalue weighted by molar-refractivity contribution is 0.0543. The van der Waals surface area contributed by atoms with Gasteiger partial charge in [-0.05, 0) is 17.7 Å². The molecule has 0 bridgehead atoms. The van der Waals surface area contributed by atoms with Crippen LogP contribution in [-0.4, -0.2) is 34.6 Å². The molecule has 0 aliphatic carbocycles. The summed E-state index contributed by atoms with van der Waals surface area (Å²) in [6.45, 7) is 3.43. The molecule has 0 N–H and O–H groups in total. The molecule has 3 rings (SSSR count). The molecule has 0 spiro atoms. The standard InChI is InChI=1S/C16H15ClN4O/c17-15-6-19-7-16(20-15)22-11-14-9-21(10-14)8-13-3-1-2-12(4-13)5-18/h1-4,6-7,14H,8-11H2. The third kappa shape index (κ3) is 3.73. The zero-order chi connectivity index (χ0) is 15.4. The predicted octanol–water partition coefficient (Wildman–Crippen LogP) is 2.51. The van der Waals surface area contributed by atoms with Crippen molar-refractivity contribution in [2.75, 3.05) is 19.7 Å². The van der Waals surface area contributed by atoms with Gasteiger partial charge in [-0.15, -0.1) is 0 Å². The number of ether oxygens (including phenoxy) is 1. The zero-order valence-corrected chi connectivity index (χ0v) is 12.7. The molecule has 1 aliphatic rings. The van der Waals surface area contributed by atoms with E-state index in [-0.39, 0.29) is 0 Å². The van der Waals surface area contributed by atoms with E-state index in [9.17, 15) is 0 Å². The zero-order valence-electron chi connectivity index (χ0n) is 11.9. The van der Waals surface area contributed by atoms with Gasteiger partial charge in [-0.1, -0.05) is 23.7 Å². The second-order valence-electron chi connectivity index (χ2n) is 5.36. The first kappa shape index (κ1) is 14.8. The maximum atomic E-state index is 8.91. The Bertz CT molecular complexity index is 695. The van der Waals surface area contributed by atoms with E-state index in [0.29, 0.717) is 29.1 Å². The van der Waals surface area contributed by atoms with Crippen molar-refractivity contribution in [2.24, 2.45) is 5.92 Å². The molecule has 1 aromatic heterocycles. The fourth-order valence-corrected chi connectivity index (χ4v) is 2.65. The number of hydrogen-bond donors (Lipinski definition) is 0. The summed E-state index contributed by atoms with van der Waals surface area (Å²) in [5.41, 5.74) is 1.87. The van der Waals surface area contributed by atoms with E-state index >= 15 is 0 Å². The highest BCUT2D eigenvalue weighted by atomic mass is 35.5. The molecule has 0 atom stereocenters. The smallest absolute Gasteiger partial charge is 0.233 e. The molecule has 22 heavy (non-hydrogen) atoms. The van der Waals surface area contributed by atoms with Crippen molar-refractivity contribution in [3.63, 3.8) is 0 Å². The van der Waals surface area contributed by atoms with Crippen molar-refractivity contribution in [3.8, 4) is 11.9 Å². The molecule has 6 heteroatoms. The highest BCUT2D eigenvalue weighted by molar-refractivity contribution is 6.29. The van der Waals surface area contributed by atoms with Crippen molar-refractivity contribution in [1.29, 1.82) is 5.26 Å². The van der Waals surface area contributed by atoms with Crippen molar-refractivity contribution in [2.45, 2.75) is 6.54 Å². The number of nitriles is 1. The van der Waals surface area contributed by atoms with Gasteiger partial charge in [0.1, 0.15) is 0 Å². The third-order valence-corrected chi connectivity index (χ3v) is 3.73. The molecule has 1 fully saturated rings. The van der Waals surface area contributed by atoms with Gasteiger partial charge < -0.3 is 4.74 Å². The van der Waals surface area contributed by atoms with Gasteiger partial charge in [-0.3, -0.25) is 9.88 Å². The Morgan fingerprint density at radius 1 is 1.36 bits per heavy atom. The SMILES string of the molecule is N#Cc1cccc(CN2CC(COc3cncc(Cl)n3)C2)c1. The van der Waals surface area contributed by atoms with E-state index in [4.69, 9.17) is 21.6 Å². The second-order valence-corrected chi connectivity index (χ2v) is 5.75. The van der Waals surface area contributed by atoms with Gasteiger partial charge in [-0.25, -0.2) is 0 Å². The molecule has 5 nitrogen and oxygen atoms in total. The fourth-order valence-electron chi connectivity index (χ4n) is 2.51. The van der Waals surface area contributed by atoms with Crippen LogP contribution in [0.2, 0.25) is 5.15 Å². The summed E-state index contributed by atoms with van der Waals surface area (Å²) in [5, 5.41) is 9.24. The van der Waals surface area contributed by atoms with Crippen LogP contribution in [0, 0.1) is 17.2 Å². The molecule has 1 aliphatic heterocycles. The molecule has 0 saturated carbocycles. The van der Waals surface area contributed by atoms with Crippen LogP contribution < -0.4 is 4.74 Å². The molecule has 2 heterocycles. The van der Waals surface area contributed by atoms with Crippen molar-refractivity contribution < 1.29 is 4.74 Å². The first-order chi connectivity index (χ1) is 10.7. The highest BCUT2D eigenvalue weighted by Gasteiger charge is 2.27. The molecule has 0 amide bonds. The number of hydrogen-bond acceptors (Lipinski definition) is 5. The van der Waals surface area contributed by atoms with Gasteiger partial charge in [0.25, 0.3) is 0 Å². The monoisotopic (exact) mass is 314 g/mol. The van der Waals surface area contributed by atoms with Crippen LogP contribution in [0.25, 0.3) is 0 Å². The molecular formula is C16H15ClN4O. The molecule has 0 unspecified atom stereocenters. The number of aromatic nitrogens is 2. The van der Waals surface area contributed by atoms with E-state index in [2.05, 4.69) is 20.9 Å². The van der Waals surface area contributed by atoms with Crippen LogP contribution in [0.4, 0.5) is 0 Å². The largest absolute Gasteiger partial charge is 0.476 e. The summed E-state index contributed by atoms with van der Waals surface area (Å²) >= 11 is 5.76. The Morgan fingerprint density at radius 3 is 3.00 bits per heavy atom. The lowest BCUT2D eigenvalue weighted by Gasteiger charge is -2.38. The summed E-state index contributed by atoms with van der Waals surface area (Å²) in [6.07, 6.45) is 3.05. The summed E-state index contributed by atoms with van der Waals surface area (Å²) in [5.74, 6) is 0.951. The van der Waals surface area contributed by atoms with Crippen molar-refractivity contribution >= 4 is 11.6 Å². The molecule has 112 valence electrons. The average Bonchev–Trinajstić information content (AvgIpc) is 2.49. The van der Waals surface area contributed by atoms with E-state index in [1.807, 2.05) is 24.3 Å². The van der Waals surface area contributed by atoms with Crippen molar-refractivity contribution in [1.82, 2.24) is 14.9 Å². The van der Waals surface area contributed by atoms with Crippen LogP contribution in [0.3, 0.4) is 0 Å². The number of benzene rings is 1. The van der Waals surface area contributed by atoms with E-state index < -0.39 is 0 Å². The lowest BCUT2D eigenvalue weighted by Crippen LogP contribution is -2.48. The summed E-state index contributed by atoms with van der Waals surface area (Å²) in [7, 11) is 0. The maximum absolute atomic E-state index is 8.91. The van der Waals surface area contributed by atoms with Gasteiger partial charge in [0, 0.05) is 25.6 Å². The Morgan fingerprint density at radius 2 is 2.23 bits per heavy atom. The minimum absolute atomic E-state index is 0.338. The van der Waals surface area contributed by atoms with Gasteiger partial charge in [0.2, 0.25) is 5.88 Å². The number of nitrogens with zero attached hydrogens (tertiary/aromatic N) is 4. The van der Waals surface area contributed by atoms with E-state index in [1.165, 1.54) is 11.8 Å². The van der Waals surface area contributed by atoms with Crippen LogP contribution >= 0.6 is 11.6 Å². The highest BCUT2D eigenvalue weighted by Crippen LogP contribution is 2.20. The molecular weight excluding hydrogens is 300 g/mol. The summed E-state index contributed by atoms with van der Waals surface area (Å²) in [4.78, 5) is 10.3. The van der Waals surface area contributed by atoms with Gasteiger partial charge in [-0.2, -0.15) is 10.2 Å². The van der Waals surface area contributed by atoms with Crippen LogP contribution in [0.15, 0.2) is 36.7 Å². The third-order valence-electron chi connectivity index (χ3n) is 3.55. The normalized spacial score (nSPS) is 15.1. The Kier molecular flexibility index (Phi) is 4.52. The summed E-state index contributed by atoms with van der Waals surface area (Å²) < 4.78 is 5.60. The number of likely N-dealkylation sites (tertiary alicyclic amines) is 1. The predicted molar refractivity (Wildman–Crippen MR) is 82.5 cm³/mol. The average molecular weight is 315 g/mol. The second kappa shape index (κ2) is 6.73. The molecule has 2 aromatic rings. The van der Waals surface area contributed by atoms with Gasteiger partial charge in [0.05, 0.1) is 30.6 Å². The molecule has 1 aromatic carbocycles. The first-order valence-electron chi connectivity index (χ1n) is 7.04. The van der Waals surface area contributed by atoms with Gasteiger partial charge >= 0.3 is 0 Å². The minimum atomic E-state index is 0.338. The van der Waals surface area contributed by atoms with Crippen LogP contribution in [0.1, 0.15) is 11.1 Å².